The van der Waals surface area contributed by atoms with Gasteiger partial charge in [0.05, 0.1) is 10.6 Å². The van der Waals surface area contributed by atoms with E-state index in [9.17, 15) is 4.79 Å². The number of rotatable bonds is 3. The Morgan fingerprint density at radius 1 is 1.63 bits per heavy atom. The highest BCUT2D eigenvalue weighted by atomic mass is 35.5. The first-order chi connectivity index (χ1) is 8.97. The fourth-order valence-corrected chi connectivity index (χ4v) is 4.29. The smallest absolute Gasteiger partial charge is 0.263 e. The van der Waals surface area contributed by atoms with Crippen LogP contribution >= 0.6 is 34.5 Å². The van der Waals surface area contributed by atoms with Crippen molar-refractivity contribution >= 4 is 40.4 Å². The van der Waals surface area contributed by atoms with Gasteiger partial charge in [0, 0.05) is 5.88 Å². The van der Waals surface area contributed by atoms with E-state index in [1.807, 2.05) is 12.3 Å². The van der Waals surface area contributed by atoms with Crippen LogP contribution in [0.15, 0.2) is 5.38 Å². The molecule has 1 saturated carbocycles. The SMILES string of the molecule is Cc1csc(C(=O)NC2(CCl)CCCC(C)C2)c1Cl. The monoisotopic (exact) mass is 319 g/mol. The molecule has 2 nitrogen and oxygen atoms in total. The van der Waals surface area contributed by atoms with Gasteiger partial charge >= 0.3 is 0 Å². The third-order valence-corrected chi connectivity index (χ3v) is 6.04. The molecule has 1 heterocycles. The number of amides is 1. The first kappa shape index (κ1) is 15.1. The van der Waals surface area contributed by atoms with E-state index in [0.29, 0.717) is 21.7 Å². The van der Waals surface area contributed by atoms with E-state index in [0.717, 1.165) is 24.8 Å². The topological polar surface area (TPSA) is 29.1 Å². The summed E-state index contributed by atoms with van der Waals surface area (Å²) in [5.41, 5.74) is 0.686. The molecule has 1 N–H and O–H groups in total. The van der Waals surface area contributed by atoms with Crippen LogP contribution < -0.4 is 5.32 Å². The summed E-state index contributed by atoms with van der Waals surface area (Å²) in [6.07, 6.45) is 4.23. The lowest BCUT2D eigenvalue weighted by Crippen LogP contribution is -2.52. The lowest BCUT2D eigenvalue weighted by atomic mass is 9.77. The highest BCUT2D eigenvalue weighted by Crippen LogP contribution is 2.34. The maximum Gasteiger partial charge on any atom is 0.263 e. The Balaban J connectivity index is 2.14. The molecule has 1 aliphatic rings. The molecule has 0 aliphatic heterocycles. The quantitative estimate of drug-likeness (QED) is 0.809. The average molecular weight is 320 g/mol. The van der Waals surface area contributed by atoms with Crippen molar-refractivity contribution < 1.29 is 4.79 Å². The zero-order chi connectivity index (χ0) is 14.0. The normalized spacial score (nSPS) is 27.3. The predicted octanol–water partition coefficient (Wildman–Crippen LogP) is 4.63. The van der Waals surface area contributed by atoms with Crippen LogP contribution in [0.4, 0.5) is 0 Å². The summed E-state index contributed by atoms with van der Waals surface area (Å²) >= 11 is 13.7. The second-order valence-corrected chi connectivity index (χ2v) is 7.16. The lowest BCUT2D eigenvalue weighted by molar-refractivity contribution is 0.0871. The first-order valence-corrected chi connectivity index (χ1v) is 8.39. The van der Waals surface area contributed by atoms with Gasteiger partial charge in [0.1, 0.15) is 4.88 Å². The van der Waals surface area contributed by atoms with Crippen LogP contribution in [0.2, 0.25) is 5.02 Å². The summed E-state index contributed by atoms with van der Waals surface area (Å²) in [4.78, 5) is 13.0. The third kappa shape index (κ3) is 3.26. The van der Waals surface area contributed by atoms with Crippen molar-refractivity contribution in [3.05, 3.63) is 20.8 Å². The average Bonchev–Trinajstić information content (AvgIpc) is 2.70. The fourth-order valence-electron chi connectivity index (χ4n) is 2.81. The van der Waals surface area contributed by atoms with Crippen LogP contribution in [0, 0.1) is 12.8 Å². The highest BCUT2D eigenvalue weighted by Gasteiger charge is 2.36. The van der Waals surface area contributed by atoms with Gasteiger partial charge in [-0.15, -0.1) is 22.9 Å². The van der Waals surface area contributed by atoms with Crippen molar-refractivity contribution in [1.82, 2.24) is 5.32 Å². The minimum absolute atomic E-state index is 0.0853. The summed E-state index contributed by atoms with van der Waals surface area (Å²) < 4.78 is 0. The van der Waals surface area contributed by atoms with Crippen molar-refractivity contribution in [3.63, 3.8) is 0 Å². The molecule has 19 heavy (non-hydrogen) atoms. The van der Waals surface area contributed by atoms with Gasteiger partial charge in [-0.2, -0.15) is 0 Å². The number of hydrogen-bond acceptors (Lipinski definition) is 2. The Morgan fingerprint density at radius 2 is 2.37 bits per heavy atom. The van der Waals surface area contributed by atoms with Crippen molar-refractivity contribution in [3.8, 4) is 0 Å². The Bertz CT molecular complexity index is 474. The van der Waals surface area contributed by atoms with Gasteiger partial charge in [0.15, 0.2) is 0 Å². The van der Waals surface area contributed by atoms with Crippen LogP contribution in [0.5, 0.6) is 0 Å². The molecule has 0 bridgehead atoms. The second-order valence-electron chi connectivity index (χ2n) is 5.63. The van der Waals surface area contributed by atoms with E-state index in [-0.39, 0.29) is 11.4 Å². The standard InChI is InChI=1S/C14H19Cl2NOS/c1-9-4-3-5-14(6-9,8-15)17-13(18)12-11(16)10(2)7-19-12/h7,9H,3-6,8H2,1-2H3,(H,17,18). The largest absolute Gasteiger partial charge is 0.345 e. The van der Waals surface area contributed by atoms with Crippen molar-refractivity contribution in [1.29, 1.82) is 0 Å². The zero-order valence-corrected chi connectivity index (χ0v) is 13.6. The summed E-state index contributed by atoms with van der Waals surface area (Å²) in [6.45, 7) is 4.13. The van der Waals surface area contributed by atoms with E-state index in [2.05, 4.69) is 12.2 Å². The maximum absolute atomic E-state index is 12.4. The van der Waals surface area contributed by atoms with Gasteiger partial charge in [-0.25, -0.2) is 0 Å². The molecule has 2 atom stereocenters. The number of thiophene rings is 1. The van der Waals surface area contributed by atoms with Gasteiger partial charge in [-0.05, 0) is 36.6 Å². The molecule has 1 aromatic heterocycles. The third-order valence-electron chi connectivity index (χ3n) is 3.83. The lowest BCUT2D eigenvalue weighted by Gasteiger charge is -2.39. The number of nitrogens with one attached hydrogen (secondary N) is 1. The van der Waals surface area contributed by atoms with E-state index in [1.165, 1.54) is 17.8 Å². The molecule has 0 radical (unpaired) electrons. The molecule has 0 saturated heterocycles. The van der Waals surface area contributed by atoms with E-state index in [4.69, 9.17) is 23.2 Å². The second kappa shape index (κ2) is 6.02. The van der Waals surface area contributed by atoms with Crippen LogP contribution in [-0.2, 0) is 0 Å². The number of carbonyl (C=O) groups is 1. The molecule has 1 aromatic rings. The van der Waals surface area contributed by atoms with E-state index >= 15 is 0 Å². The number of alkyl halides is 1. The Labute approximate surface area is 128 Å². The molecule has 0 aromatic carbocycles. The molecule has 1 amide bonds. The molecule has 2 unspecified atom stereocenters. The van der Waals surface area contributed by atoms with Gasteiger partial charge < -0.3 is 5.32 Å². The molecule has 0 spiro atoms. The van der Waals surface area contributed by atoms with Gasteiger partial charge in [-0.3, -0.25) is 4.79 Å². The minimum atomic E-state index is -0.266. The number of carbonyl (C=O) groups excluding carboxylic acids is 1. The van der Waals surface area contributed by atoms with Crippen LogP contribution in [-0.4, -0.2) is 17.3 Å². The number of hydrogen-bond donors (Lipinski definition) is 1. The highest BCUT2D eigenvalue weighted by molar-refractivity contribution is 7.13. The maximum atomic E-state index is 12.4. The molecular formula is C14H19Cl2NOS. The number of halogens is 2. The molecular weight excluding hydrogens is 301 g/mol. The molecule has 2 rings (SSSR count). The summed E-state index contributed by atoms with van der Waals surface area (Å²) in [7, 11) is 0. The molecule has 106 valence electrons. The minimum Gasteiger partial charge on any atom is -0.345 e. The van der Waals surface area contributed by atoms with E-state index in [1.54, 1.807) is 0 Å². The van der Waals surface area contributed by atoms with Gasteiger partial charge in [0.2, 0.25) is 0 Å². The van der Waals surface area contributed by atoms with Crippen molar-refractivity contribution in [2.75, 3.05) is 5.88 Å². The summed E-state index contributed by atoms with van der Waals surface area (Å²) in [6, 6.07) is 0. The van der Waals surface area contributed by atoms with E-state index < -0.39 is 0 Å². The van der Waals surface area contributed by atoms with Gasteiger partial charge in [-0.1, -0.05) is 31.4 Å². The van der Waals surface area contributed by atoms with Crippen molar-refractivity contribution in [2.45, 2.75) is 45.1 Å². The molecule has 5 heteroatoms. The van der Waals surface area contributed by atoms with Crippen LogP contribution in [0.1, 0.15) is 47.8 Å². The predicted molar refractivity (Wildman–Crippen MR) is 82.6 cm³/mol. The summed E-state index contributed by atoms with van der Waals surface area (Å²) in [5, 5.41) is 5.61. The molecule has 1 fully saturated rings. The zero-order valence-electron chi connectivity index (χ0n) is 11.3. The van der Waals surface area contributed by atoms with Gasteiger partial charge in [0.25, 0.3) is 5.91 Å². The number of aryl methyl sites for hydroxylation is 1. The Morgan fingerprint density at radius 3 is 2.89 bits per heavy atom. The van der Waals surface area contributed by atoms with Crippen LogP contribution in [0.25, 0.3) is 0 Å². The Hall–Kier alpha value is -0.250. The Kier molecular flexibility index (Phi) is 4.80. The van der Waals surface area contributed by atoms with Crippen LogP contribution in [0.3, 0.4) is 0 Å². The summed E-state index contributed by atoms with van der Waals surface area (Å²) in [5.74, 6) is 0.983. The fraction of sp³-hybridized carbons (Fsp3) is 0.643. The van der Waals surface area contributed by atoms with Crippen molar-refractivity contribution in [2.24, 2.45) is 5.92 Å². The molecule has 1 aliphatic carbocycles. The first-order valence-electron chi connectivity index (χ1n) is 6.59.